The van der Waals surface area contributed by atoms with E-state index in [-0.39, 0.29) is 19.1 Å². The molecule has 1 unspecified atom stereocenters. The number of carbonyl (C=O) groups is 2. The summed E-state index contributed by atoms with van der Waals surface area (Å²) in [4.78, 5) is 27.2. The van der Waals surface area contributed by atoms with Gasteiger partial charge in [-0.25, -0.2) is 0 Å². The summed E-state index contributed by atoms with van der Waals surface area (Å²) >= 11 is 0. The molecule has 3 rings (SSSR count). The molecule has 0 aliphatic rings. The second kappa shape index (κ2) is 10.1. The molecule has 0 aliphatic carbocycles. The highest BCUT2D eigenvalue weighted by molar-refractivity contribution is 6.00. The summed E-state index contributed by atoms with van der Waals surface area (Å²) in [6, 6.07) is 27.4. The third-order valence-electron chi connectivity index (χ3n) is 4.25. The molecule has 148 valence electrons. The summed E-state index contributed by atoms with van der Waals surface area (Å²) in [7, 11) is 0. The van der Waals surface area contributed by atoms with Gasteiger partial charge in [-0.1, -0.05) is 66.7 Å². The second-order valence-electron chi connectivity index (χ2n) is 6.29. The Bertz CT molecular complexity index is 913. The molecule has 0 aliphatic heterocycles. The fourth-order valence-corrected chi connectivity index (χ4v) is 2.91. The molecule has 3 aromatic carbocycles. The van der Waals surface area contributed by atoms with E-state index in [1.165, 1.54) is 4.90 Å². The number of carbonyl (C=O) groups excluding carboxylic acids is 2. The van der Waals surface area contributed by atoms with Gasteiger partial charge in [0.05, 0.1) is 6.61 Å². The Morgan fingerprint density at radius 3 is 1.97 bits per heavy atom. The molecule has 0 fully saturated rings. The molecule has 0 saturated heterocycles. The minimum absolute atomic E-state index is 0.196. The normalized spacial score (nSPS) is 11.3. The maximum Gasteiger partial charge on any atom is 0.326 e. The smallest absolute Gasteiger partial charge is 0.326 e. The summed E-state index contributed by atoms with van der Waals surface area (Å²) in [5, 5.41) is 0. The predicted molar refractivity (Wildman–Crippen MR) is 112 cm³/mol. The number of para-hydroxylation sites is 2. The Morgan fingerprint density at radius 2 is 1.38 bits per heavy atom. The summed E-state index contributed by atoms with van der Waals surface area (Å²) in [5.74, 6) is -0.255. The second-order valence-corrected chi connectivity index (χ2v) is 6.29. The van der Waals surface area contributed by atoms with Gasteiger partial charge < -0.3 is 9.47 Å². The van der Waals surface area contributed by atoms with Crippen LogP contribution >= 0.6 is 0 Å². The molecule has 29 heavy (non-hydrogen) atoms. The largest absolute Gasteiger partial charge is 0.476 e. The number of nitrogens with zero attached hydrogens (tertiary/aromatic N) is 1. The SMILES string of the molecule is CCOC(=O)CN(C(=O)C(Oc1ccccc1)c1ccccc1)c1ccccc1. The maximum atomic E-state index is 13.6. The first kappa shape index (κ1) is 20.1. The molecule has 0 saturated carbocycles. The van der Waals surface area contributed by atoms with Crippen molar-refractivity contribution in [2.75, 3.05) is 18.1 Å². The van der Waals surface area contributed by atoms with Crippen molar-refractivity contribution in [1.82, 2.24) is 0 Å². The lowest BCUT2D eigenvalue weighted by Gasteiger charge is -2.27. The third-order valence-corrected chi connectivity index (χ3v) is 4.25. The van der Waals surface area contributed by atoms with Crippen molar-refractivity contribution in [2.24, 2.45) is 0 Å². The van der Waals surface area contributed by atoms with E-state index in [2.05, 4.69) is 0 Å². The Balaban J connectivity index is 1.96. The van der Waals surface area contributed by atoms with Gasteiger partial charge in [-0.15, -0.1) is 0 Å². The molecule has 1 amide bonds. The molecule has 3 aromatic rings. The highest BCUT2D eigenvalue weighted by Gasteiger charge is 2.30. The zero-order valence-electron chi connectivity index (χ0n) is 16.2. The fourth-order valence-electron chi connectivity index (χ4n) is 2.91. The standard InChI is InChI=1S/C24H23NO4/c1-2-28-22(26)18-25(20-14-8-4-9-15-20)24(27)23(19-12-6-3-7-13-19)29-21-16-10-5-11-17-21/h3-17,23H,2,18H2,1H3. The van der Waals surface area contributed by atoms with E-state index >= 15 is 0 Å². The molecule has 5 nitrogen and oxygen atoms in total. The average molecular weight is 389 g/mol. The van der Waals surface area contributed by atoms with Crippen LogP contribution < -0.4 is 9.64 Å². The zero-order valence-corrected chi connectivity index (χ0v) is 16.2. The van der Waals surface area contributed by atoms with Crippen LogP contribution in [0.4, 0.5) is 5.69 Å². The van der Waals surface area contributed by atoms with Crippen LogP contribution in [0, 0.1) is 0 Å². The van der Waals surface area contributed by atoms with E-state index < -0.39 is 12.1 Å². The molecule has 0 aromatic heterocycles. The molecular formula is C24H23NO4. The fraction of sp³-hybridized carbons (Fsp3) is 0.167. The Morgan fingerprint density at radius 1 is 0.828 bits per heavy atom. The van der Waals surface area contributed by atoms with Crippen molar-refractivity contribution in [1.29, 1.82) is 0 Å². The van der Waals surface area contributed by atoms with Crippen molar-refractivity contribution in [3.05, 3.63) is 96.6 Å². The number of ether oxygens (including phenoxy) is 2. The number of rotatable bonds is 8. The van der Waals surface area contributed by atoms with E-state index in [9.17, 15) is 9.59 Å². The number of hydrogen-bond donors (Lipinski definition) is 0. The van der Waals surface area contributed by atoms with Crippen LogP contribution in [0.15, 0.2) is 91.0 Å². The van der Waals surface area contributed by atoms with Gasteiger partial charge in [0.2, 0.25) is 6.10 Å². The molecular weight excluding hydrogens is 366 g/mol. The number of esters is 1. The Hall–Kier alpha value is -3.60. The van der Waals surface area contributed by atoms with E-state index in [4.69, 9.17) is 9.47 Å². The van der Waals surface area contributed by atoms with Gasteiger partial charge in [0, 0.05) is 11.3 Å². The first-order valence-electron chi connectivity index (χ1n) is 9.47. The van der Waals surface area contributed by atoms with Gasteiger partial charge in [0.15, 0.2) is 0 Å². The highest BCUT2D eigenvalue weighted by atomic mass is 16.5. The maximum absolute atomic E-state index is 13.6. The number of benzene rings is 3. The zero-order chi connectivity index (χ0) is 20.5. The van der Waals surface area contributed by atoms with Gasteiger partial charge in [-0.3, -0.25) is 14.5 Å². The first-order valence-corrected chi connectivity index (χ1v) is 9.47. The molecule has 5 heteroatoms. The van der Waals surface area contributed by atoms with Crippen LogP contribution in [-0.4, -0.2) is 25.0 Å². The van der Waals surface area contributed by atoms with Crippen molar-refractivity contribution in [3.8, 4) is 5.75 Å². The highest BCUT2D eigenvalue weighted by Crippen LogP contribution is 2.26. The van der Waals surface area contributed by atoms with Crippen LogP contribution in [0.3, 0.4) is 0 Å². The number of hydrogen-bond acceptors (Lipinski definition) is 4. The van der Waals surface area contributed by atoms with Crippen LogP contribution in [0.25, 0.3) is 0 Å². The molecule has 0 radical (unpaired) electrons. The Kier molecular flexibility index (Phi) is 7.00. The average Bonchev–Trinajstić information content (AvgIpc) is 2.77. The van der Waals surface area contributed by atoms with Crippen LogP contribution in [0.5, 0.6) is 5.75 Å². The first-order chi connectivity index (χ1) is 14.2. The van der Waals surface area contributed by atoms with Crippen molar-refractivity contribution < 1.29 is 19.1 Å². The van der Waals surface area contributed by atoms with E-state index in [0.717, 1.165) is 0 Å². The molecule has 0 heterocycles. The lowest BCUT2D eigenvalue weighted by atomic mass is 10.1. The lowest BCUT2D eigenvalue weighted by molar-refractivity contribution is -0.142. The van der Waals surface area contributed by atoms with Crippen LogP contribution in [0.2, 0.25) is 0 Å². The number of anilines is 1. The lowest BCUT2D eigenvalue weighted by Crippen LogP contribution is -2.41. The quantitative estimate of drug-likeness (QED) is 0.536. The molecule has 0 N–H and O–H groups in total. The molecule has 1 atom stereocenters. The minimum Gasteiger partial charge on any atom is -0.476 e. The summed E-state index contributed by atoms with van der Waals surface area (Å²) in [6.45, 7) is 1.79. The third kappa shape index (κ3) is 5.45. The molecule has 0 bridgehead atoms. The van der Waals surface area contributed by atoms with Crippen LogP contribution in [-0.2, 0) is 14.3 Å². The van der Waals surface area contributed by atoms with E-state index in [1.54, 1.807) is 31.2 Å². The minimum atomic E-state index is -0.909. The predicted octanol–water partition coefficient (Wildman–Crippen LogP) is 4.40. The topological polar surface area (TPSA) is 55.8 Å². The van der Waals surface area contributed by atoms with Gasteiger partial charge in [0.25, 0.3) is 5.91 Å². The van der Waals surface area contributed by atoms with Gasteiger partial charge in [-0.05, 0) is 31.2 Å². The van der Waals surface area contributed by atoms with Crippen molar-refractivity contribution in [3.63, 3.8) is 0 Å². The number of amides is 1. The van der Waals surface area contributed by atoms with Crippen LogP contribution in [0.1, 0.15) is 18.6 Å². The monoisotopic (exact) mass is 389 g/mol. The van der Waals surface area contributed by atoms with E-state index in [0.29, 0.717) is 17.0 Å². The summed E-state index contributed by atoms with van der Waals surface area (Å²) in [6.07, 6.45) is -0.909. The van der Waals surface area contributed by atoms with Gasteiger partial charge in [-0.2, -0.15) is 0 Å². The van der Waals surface area contributed by atoms with Gasteiger partial charge in [0.1, 0.15) is 12.3 Å². The van der Waals surface area contributed by atoms with Gasteiger partial charge >= 0.3 is 5.97 Å². The van der Waals surface area contributed by atoms with Crippen molar-refractivity contribution in [2.45, 2.75) is 13.0 Å². The Labute approximate surface area is 170 Å². The van der Waals surface area contributed by atoms with Crippen molar-refractivity contribution >= 4 is 17.6 Å². The summed E-state index contributed by atoms with van der Waals surface area (Å²) in [5.41, 5.74) is 1.30. The molecule has 0 spiro atoms. The summed E-state index contributed by atoms with van der Waals surface area (Å²) < 4.78 is 11.1. The van der Waals surface area contributed by atoms with E-state index in [1.807, 2.05) is 66.7 Å².